The molecule has 0 N–H and O–H groups in total. The maximum Gasteiger partial charge on any atom is 0.153 e. The average Bonchev–Trinajstić information content (AvgIpc) is 2.85. The second kappa shape index (κ2) is 7.22. The third-order valence-electron chi connectivity index (χ3n) is 5.65. The van der Waals surface area contributed by atoms with Gasteiger partial charge in [0.2, 0.25) is 0 Å². The quantitative estimate of drug-likeness (QED) is 0.772. The van der Waals surface area contributed by atoms with Crippen LogP contribution in [0.1, 0.15) is 30.5 Å². The summed E-state index contributed by atoms with van der Waals surface area (Å²) in [5, 5.41) is 0. The Morgan fingerprint density at radius 3 is 2.24 bits per heavy atom. The molecule has 0 aromatic heterocycles. The largest absolute Gasteiger partial charge is 0.293 e. The fourth-order valence-electron chi connectivity index (χ4n) is 4.12. The molecular formula is C20H30N2O2S. The second-order valence-electron chi connectivity index (χ2n) is 7.83. The fourth-order valence-corrected chi connectivity index (χ4v) is 6.16. The molecule has 3 rings (SSSR count). The molecule has 0 radical (unpaired) electrons. The number of hydrogen-bond donors (Lipinski definition) is 0. The molecule has 0 spiro atoms. The molecular weight excluding hydrogens is 332 g/mol. The van der Waals surface area contributed by atoms with E-state index in [1.165, 1.54) is 22.3 Å². The van der Waals surface area contributed by atoms with Gasteiger partial charge in [0, 0.05) is 38.3 Å². The van der Waals surface area contributed by atoms with Crippen molar-refractivity contribution in [3.05, 3.63) is 46.5 Å². The number of rotatable bonds is 4. The van der Waals surface area contributed by atoms with Gasteiger partial charge in [-0.25, -0.2) is 8.42 Å². The van der Waals surface area contributed by atoms with Crippen molar-refractivity contribution in [3.8, 4) is 0 Å². The first-order valence-corrected chi connectivity index (χ1v) is 11.0. The lowest BCUT2D eigenvalue weighted by atomic mass is 9.99. The van der Waals surface area contributed by atoms with Crippen molar-refractivity contribution >= 4 is 9.84 Å². The molecule has 2 heterocycles. The maximum atomic E-state index is 12.3. The lowest BCUT2D eigenvalue weighted by Gasteiger charge is -2.44. The van der Waals surface area contributed by atoms with E-state index in [-0.39, 0.29) is 12.1 Å². The van der Waals surface area contributed by atoms with Crippen molar-refractivity contribution in [2.24, 2.45) is 0 Å². The van der Waals surface area contributed by atoms with E-state index < -0.39 is 9.84 Å². The number of hydrogen-bond acceptors (Lipinski definition) is 4. The Labute approximate surface area is 152 Å². The Hall–Kier alpha value is -1.17. The van der Waals surface area contributed by atoms with E-state index >= 15 is 0 Å². The number of sulfone groups is 1. The number of allylic oxidation sites excluding steroid dienone is 1. The number of benzene rings is 1. The lowest BCUT2D eigenvalue weighted by Crippen LogP contribution is -2.58. The smallest absolute Gasteiger partial charge is 0.153 e. The number of piperazine rings is 1. The summed E-state index contributed by atoms with van der Waals surface area (Å²) < 4.78 is 24.7. The molecule has 0 saturated carbocycles. The minimum Gasteiger partial charge on any atom is -0.293 e. The molecule has 2 atom stereocenters. The Morgan fingerprint density at radius 1 is 1.08 bits per heavy atom. The summed E-state index contributed by atoms with van der Waals surface area (Å²) in [6.45, 7) is 12.1. The predicted octanol–water partition coefficient (Wildman–Crippen LogP) is 2.55. The highest BCUT2D eigenvalue weighted by molar-refractivity contribution is 7.91. The highest BCUT2D eigenvalue weighted by Crippen LogP contribution is 2.29. The normalized spacial score (nSPS) is 26.4. The van der Waals surface area contributed by atoms with Crippen LogP contribution in [0.2, 0.25) is 0 Å². The average molecular weight is 363 g/mol. The fraction of sp³-hybridized carbons (Fsp3) is 0.600. The molecule has 2 aliphatic rings. The van der Waals surface area contributed by atoms with E-state index in [9.17, 15) is 8.42 Å². The van der Waals surface area contributed by atoms with Gasteiger partial charge in [-0.1, -0.05) is 29.8 Å². The Bertz CT molecular complexity index is 746. The molecule has 2 saturated heterocycles. The number of aryl methyl sites for hydroxylation is 2. The van der Waals surface area contributed by atoms with E-state index in [1.54, 1.807) is 0 Å². The Kier molecular flexibility index (Phi) is 5.37. The molecule has 0 aliphatic carbocycles. The topological polar surface area (TPSA) is 40.6 Å². The molecule has 0 unspecified atom stereocenters. The van der Waals surface area contributed by atoms with Crippen molar-refractivity contribution < 1.29 is 8.42 Å². The van der Waals surface area contributed by atoms with Crippen LogP contribution < -0.4 is 0 Å². The summed E-state index contributed by atoms with van der Waals surface area (Å²) in [6, 6.07) is 6.63. The van der Waals surface area contributed by atoms with Crippen LogP contribution in [0.15, 0.2) is 29.8 Å². The summed E-state index contributed by atoms with van der Waals surface area (Å²) in [6.07, 6.45) is 2.21. The number of nitrogens with zero attached hydrogens (tertiary/aromatic N) is 2. The van der Waals surface area contributed by atoms with Gasteiger partial charge in [0.25, 0.3) is 0 Å². The van der Waals surface area contributed by atoms with Crippen molar-refractivity contribution in [2.75, 3.05) is 31.1 Å². The summed E-state index contributed by atoms with van der Waals surface area (Å²) in [5.41, 5.74) is 5.23. The molecule has 4 nitrogen and oxygen atoms in total. The van der Waals surface area contributed by atoms with Crippen LogP contribution in [0.3, 0.4) is 0 Å². The van der Waals surface area contributed by atoms with Gasteiger partial charge >= 0.3 is 0 Å². The Balaban J connectivity index is 1.82. The van der Waals surface area contributed by atoms with Crippen LogP contribution in [-0.2, 0) is 16.4 Å². The van der Waals surface area contributed by atoms with Gasteiger partial charge in [-0.05, 0) is 44.4 Å². The minimum absolute atomic E-state index is 0.114. The molecule has 2 fully saturated rings. The SMILES string of the molecule is CC(C)=CCN1CCN(Cc2c(C)cccc2C)[C@H]2CS(=O)(=O)C[C@H]21. The van der Waals surface area contributed by atoms with Gasteiger partial charge in [0.1, 0.15) is 0 Å². The minimum atomic E-state index is -2.95. The van der Waals surface area contributed by atoms with Gasteiger partial charge in [-0.2, -0.15) is 0 Å². The van der Waals surface area contributed by atoms with Crippen LogP contribution in [0, 0.1) is 13.8 Å². The number of fused-ring (bicyclic) bond motifs is 1. The molecule has 0 bridgehead atoms. The molecule has 5 heteroatoms. The lowest BCUT2D eigenvalue weighted by molar-refractivity contribution is 0.0475. The van der Waals surface area contributed by atoms with Gasteiger partial charge in [0.05, 0.1) is 11.5 Å². The second-order valence-corrected chi connectivity index (χ2v) is 9.98. The van der Waals surface area contributed by atoms with Gasteiger partial charge in [-0.15, -0.1) is 0 Å². The molecule has 2 aliphatic heterocycles. The molecule has 1 aromatic carbocycles. The van der Waals surface area contributed by atoms with E-state index in [2.05, 4.69) is 61.8 Å². The van der Waals surface area contributed by atoms with Crippen molar-refractivity contribution in [3.63, 3.8) is 0 Å². The monoisotopic (exact) mass is 362 g/mol. The van der Waals surface area contributed by atoms with Crippen LogP contribution in [0.4, 0.5) is 0 Å². The van der Waals surface area contributed by atoms with Crippen LogP contribution in [0.5, 0.6) is 0 Å². The highest BCUT2D eigenvalue weighted by atomic mass is 32.2. The summed E-state index contributed by atoms with van der Waals surface area (Å²) in [5.74, 6) is 0.603. The molecule has 1 aromatic rings. The van der Waals surface area contributed by atoms with Crippen LogP contribution in [0.25, 0.3) is 0 Å². The standard InChI is InChI=1S/C20H30N2O2S/c1-15(2)8-9-21-10-11-22(20-14-25(23,24)13-19(20)21)12-18-16(3)6-5-7-17(18)4/h5-8,19-20H,9-14H2,1-4H3/t19-,20+/m1/s1. The van der Waals surface area contributed by atoms with Gasteiger partial charge in [-0.3, -0.25) is 9.80 Å². The predicted molar refractivity (Wildman–Crippen MR) is 104 cm³/mol. The zero-order valence-electron chi connectivity index (χ0n) is 15.8. The van der Waals surface area contributed by atoms with E-state index in [0.29, 0.717) is 11.5 Å². The van der Waals surface area contributed by atoms with Crippen LogP contribution in [-0.4, -0.2) is 61.4 Å². The zero-order valence-corrected chi connectivity index (χ0v) is 16.6. The van der Waals surface area contributed by atoms with Crippen molar-refractivity contribution in [1.82, 2.24) is 9.80 Å². The summed E-state index contributed by atoms with van der Waals surface area (Å²) in [4.78, 5) is 4.77. The maximum absolute atomic E-state index is 12.3. The molecule has 138 valence electrons. The van der Waals surface area contributed by atoms with E-state index in [4.69, 9.17) is 0 Å². The first-order valence-electron chi connectivity index (χ1n) is 9.14. The highest BCUT2D eigenvalue weighted by Gasteiger charge is 2.46. The first kappa shape index (κ1) is 18.6. The van der Waals surface area contributed by atoms with E-state index in [1.807, 2.05) is 0 Å². The third kappa shape index (κ3) is 4.15. The van der Waals surface area contributed by atoms with Gasteiger partial charge < -0.3 is 0 Å². The third-order valence-corrected chi connectivity index (χ3v) is 7.34. The molecule has 0 amide bonds. The van der Waals surface area contributed by atoms with E-state index in [0.717, 1.165) is 26.2 Å². The Morgan fingerprint density at radius 2 is 1.64 bits per heavy atom. The first-order chi connectivity index (χ1) is 11.8. The molecule has 25 heavy (non-hydrogen) atoms. The summed E-state index contributed by atoms with van der Waals surface area (Å²) >= 11 is 0. The van der Waals surface area contributed by atoms with Crippen molar-refractivity contribution in [1.29, 1.82) is 0 Å². The van der Waals surface area contributed by atoms with Crippen LogP contribution >= 0.6 is 0 Å². The zero-order chi connectivity index (χ0) is 18.2. The van der Waals surface area contributed by atoms with Gasteiger partial charge in [0.15, 0.2) is 9.84 Å². The summed E-state index contributed by atoms with van der Waals surface area (Å²) in [7, 11) is -2.95. The van der Waals surface area contributed by atoms with Crippen molar-refractivity contribution in [2.45, 2.75) is 46.3 Å².